The van der Waals surface area contributed by atoms with E-state index in [4.69, 9.17) is 9.47 Å². The van der Waals surface area contributed by atoms with Gasteiger partial charge in [-0.05, 0) is 63.0 Å². The van der Waals surface area contributed by atoms with Crippen LogP contribution in [0.3, 0.4) is 0 Å². The fraction of sp³-hybridized carbons (Fsp3) is 0.771. The molecule has 3 rings (SSSR count). The molecule has 1 saturated carbocycles. The van der Waals surface area contributed by atoms with Gasteiger partial charge in [-0.2, -0.15) is 0 Å². The highest BCUT2D eigenvalue weighted by Gasteiger charge is 2.41. The van der Waals surface area contributed by atoms with Crippen LogP contribution in [-0.4, -0.2) is 87.6 Å². The number of hydrogen-bond donors (Lipinski definition) is 2. The van der Waals surface area contributed by atoms with Gasteiger partial charge in [0.2, 0.25) is 0 Å². The lowest BCUT2D eigenvalue weighted by atomic mass is 9.74. The van der Waals surface area contributed by atoms with Crippen molar-refractivity contribution in [1.82, 2.24) is 15.1 Å². The van der Waals surface area contributed by atoms with Crippen molar-refractivity contribution < 1.29 is 24.2 Å². The van der Waals surface area contributed by atoms with Crippen molar-refractivity contribution >= 4 is 20.2 Å². The molecule has 1 saturated heterocycles. The normalized spacial score (nSPS) is 20.0. The number of amides is 3. The number of carbonyl (C=O) groups is 2. The molecule has 0 radical (unpaired) electrons. The molecule has 2 aliphatic rings. The van der Waals surface area contributed by atoms with Crippen LogP contribution in [-0.2, 0) is 15.1 Å². The minimum Gasteiger partial charge on any atom is -0.450 e. The molecule has 3 atom stereocenters. The fourth-order valence-electron chi connectivity index (χ4n) is 6.84. The summed E-state index contributed by atoms with van der Waals surface area (Å²) in [6, 6.07) is 10.7. The number of likely N-dealkylation sites (tertiary alicyclic amines) is 1. The van der Waals surface area contributed by atoms with Gasteiger partial charge in [0.1, 0.15) is 0 Å². The summed E-state index contributed by atoms with van der Waals surface area (Å²) in [5.74, 6) is 0.497. The molecule has 0 spiro atoms. The van der Waals surface area contributed by atoms with E-state index in [9.17, 15) is 14.7 Å². The SMILES string of the molecule is CCOCCCC[C@](O)(c1ccccc1)C1CCCN(C(=O)N[C@@H](CC2CCCCC2)CN(C)C(=O)OCC[Si](C)(C)C)C1. The third-order valence-electron chi connectivity index (χ3n) is 9.51. The van der Waals surface area contributed by atoms with Gasteiger partial charge in [0.15, 0.2) is 0 Å². The molecular formula is C35H61N3O5Si. The molecule has 2 N–H and O–H groups in total. The van der Waals surface area contributed by atoms with Gasteiger partial charge >= 0.3 is 12.1 Å². The van der Waals surface area contributed by atoms with Crippen LogP contribution in [0.25, 0.3) is 0 Å². The minimum atomic E-state index is -1.30. The summed E-state index contributed by atoms with van der Waals surface area (Å²) in [7, 11) is 0.480. The van der Waals surface area contributed by atoms with Crippen molar-refractivity contribution in [3.05, 3.63) is 35.9 Å². The lowest BCUT2D eigenvalue weighted by molar-refractivity contribution is -0.0566. The molecule has 250 valence electrons. The highest BCUT2D eigenvalue weighted by Crippen LogP contribution is 2.39. The minimum absolute atomic E-state index is 0.0580. The lowest BCUT2D eigenvalue weighted by Crippen LogP contribution is -2.54. The Labute approximate surface area is 268 Å². The fourth-order valence-corrected chi connectivity index (χ4v) is 7.55. The third-order valence-corrected chi connectivity index (χ3v) is 11.2. The van der Waals surface area contributed by atoms with E-state index in [-0.39, 0.29) is 24.1 Å². The maximum atomic E-state index is 13.8. The second-order valence-electron chi connectivity index (χ2n) is 14.4. The maximum Gasteiger partial charge on any atom is 0.409 e. The molecule has 0 aromatic heterocycles. The van der Waals surface area contributed by atoms with Crippen LogP contribution in [0.2, 0.25) is 25.7 Å². The van der Waals surface area contributed by atoms with Crippen molar-refractivity contribution in [1.29, 1.82) is 0 Å². The van der Waals surface area contributed by atoms with E-state index in [1.165, 1.54) is 32.1 Å². The first-order chi connectivity index (χ1) is 21.0. The molecule has 1 aromatic rings. The lowest BCUT2D eigenvalue weighted by Gasteiger charge is -2.43. The first-order valence-electron chi connectivity index (χ1n) is 17.3. The average molecular weight is 632 g/mol. The monoisotopic (exact) mass is 631 g/mol. The van der Waals surface area contributed by atoms with Crippen molar-refractivity contribution in [2.24, 2.45) is 11.8 Å². The molecule has 0 bridgehead atoms. The van der Waals surface area contributed by atoms with Crippen molar-refractivity contribution in [3.63, 3.8) is 0 Å². The Balaban J connectivity index is 1.67. The molecule has 3 amide bonds. The average Bonchev–Trinajstić information content (AvgIpc) is 3.01. The standard InChI is InChI=1S/C35H61N3O5Si/c1-6-42-23-14-13-21-35(41,30-18-11-8-12-19-30)31-20-15-22-38(27-31)33(39)36-32(26-29-16-9-7-10-17-29)28-37(2)34(40)43-24-25-44(3,4)5/h8,11-12,18-19,29,31-32,41H,6-7,9-10,13-17,20-28H2,1-5H3,(H,36,39)/t31?,32-,35-/m0/s1. The van der Waals surface area contributed by atoms with Crippen LogP contribution in [0.1, 0.15) is 83.1 Å². The molecule has 2 fully saturated rings. The maximum absolute atomic E-state index is 13.8. The number of urea groups is 1. The summed E-state index contributed by atoms with van der Waals surface area (Å²) in [5.41, 5.74) is -0.0820. The van der Waals surface area contributed by atoms with Crippen LogP contribution in [0.15, 0.2) is 30.3 Å². The van der Waals surface area contributed by atoms with E-state index in [1.54, 1.807) is 11.9 Å². The first-order valence-corrected chi connectivity index (χ1v) is 21.0. The highest BCUT2D eigenvalue weighted by atomic mass is 28.3. The topological polar surface area (TPSA) is 91.3 Å². The molecule has 9 heteroatoms. The smallest absolute Gasteiger partial charge is 0.409 e. The number of hydrogen-bond acceptors (Lipinski definition) is 5. The molecule has 1 aliphatic heterocycles. The quantitative estimate of drug-likeness (QED) is 0.148. The van der Waals surface area contributed by atoms with E-state index in [0.29, 0.717) is 51.8 Å². The number of likely N-dealkylation sites (N-methyl/N-ethyl adjacent to an activating group) is 1. The zero-order chi connectivity index (χ0) is 32.0. The highest BCUT2D eigenvalue weighted by molar-refractivity contribution is 6.76. The number of carbonyl (C=O) groups excluding carboxylic acids is 2. The predicted molar refractivity (Wildman–Crippen MR) is 181 cm³/mol. The number of aliphatic hydroxyl groups is 1. The van der Waals surface area contributed by atoms with Gasteiger partial charge in [0, 0.05) is 59.9 Å². The predicted octanol–water partition coefficient (Wildman–Crippen LogP) is 7.25. The Morgan fingerprint density at radius 2 is 1.80 bits per heavy atom. The van der Waals surface area contributed by atoms with Crippen LogP contribution < -0.4 is 5.32 Å². The summed E-state index contributed by atoms with van der Waals surface area (Å²) < 4.78 is 11.1. The van der Waals surface area contributed by atoms with Gasteiger partial charge in [0.25, 0.3) is 0 Å². The number of nitrogens with zero attached hydrogens (tertiary/aromatic N) is 2. The molecule has 8 nitrogen and oxygen atoms in total. The largest absolute Gasteiger partial charge is 0.450 e. The second-order valence-corrected chi connectivity index (χ2v) is 20.0. The molecule has 1 aromatic carbocycles. The molecular weight excluding hydrogens is 570 g/mol. The van der Waals surface area contributed by atoms with E-state index >= 15 is 0 Å². The van der Waals surface area contributed by atoms with E-state index in [2.05, 4.69) is 25.0 Å². The number of rotatable bonds is 16. The van der Waals surface area contributed by atoms with Gasteiger partial charge < -0.3 is 29.7 Å². The van der Waals surface area contributed by atoms with Crippen LogP contribution in [0.5, 0.6) is 0 Å². The van der Waals surface area contributed by atoms with Gasteiger partial charge in [-0.3, -0.25) is 0 Å². The Bertz CT molecular complexity index is 984. The zero-order valence-corrected chi connectivity index (χ0v) is 29.3. The molecule has 1 aliphatic carbocycles. The van der Waals surface area contributed by atoms with Gasteiger partial charge in [0.05, 0.1) is 12.2 Å². The van der Waals surface area contributed by atoms with E-state index in [0.717, 1.165) is 43.7 Å². The third kappa shape index (κ3) is 12.0. The van der Waals surface area contributed by atoms with Gasteiger partial charge in [-0.15, -0.1) is 0 Å². The number of ether oxygens (including phenoxy) is 2. The Kier molecular flexibility index (Phi) is 15.0. The summed E-state index contributed by atoms with van der Waals surface area (Å²) in [5, 5.41) is 15.5. The summed E-state index contributed by atoms with van der Waals surface area (Å²) in [4.78, 5) is 30.2. The Morgan fingerprint density at radius 3 is 2.48 bits per heavy atom. The van der Waals surface area contributed by atoms with Crippen LogP contribution >= 0.6 is 0 Å². The molecule has 1 unspecified atom stereocenters. The first kappa shape index (κ1) is 36.4. The van der Waals surface area contributed by atoms with Crippen molar-refractivity contribution in [2.45, 2.75) is 115 Å². The Hall–Kier alpha value is -2.10. The second kappa shape index (κ2) is 18.1. The van der Waals surface area contributed by atoms with Crippen LogP contribution in [0, 0.1) is 11.8 Å². The summed E-state index contributed by atoms with van der Waals surface area (Å²) in [6.07, 6.45) is 10.8. The van der Waals surface area contributed by atoms with Crippen molar-refractivity contribution in [2.75, 3.05) is 46.5 Å². The number of unbranched alkanes of at least 4 members (excludes halogenated alkanes) is 1. The molecule has 1 heterocycles. The Morgan fingerprint density at radius 1 is 1.07 bits per heavy atom. The van der Waals surface area contributed by atoms with Gasteiger partial charge in [-0.25, -0.2) is 9.59 Å². The van der Waals surface area contributed by atoms with E-state index in [1.807, 2.05) is 42.2 Å². The van der Waals surface area contributed by atoms with E-state index < -0.39 is 13.7 Å². The number of benzene rings is 1. The van der Waals surface area contributed by atoms with Gasteiger partial charge in [-0.1, -0.05) is 82.1 Å². The van der Waals surface area contributed by atoms with Crippen LogP contribution in [0.4, 0.5) is 9.59 Å². The van der Waals surface area contributed by atoms with Crippen molar-refractivity contribution in [3.8, 4) is 0 Å². The zero-order valence-electron chi connectivity index (χ0n) is 28.3. The number of piperidine rings is 1. The number of nitrogens with one attached hydrogen (secondary N) is 1. The summed E-state index contributed by atoms with van der Waals surface area (Å²) in [6.45, 7) is 12.3. The molecule has 44 heavy (non-hydrogen) atoms. The summed E-state index contributed by atoms with van der Waals surface area (Å²) >= 11 is 0.